The van der Waals surface area contributed by atoms with Crippen LogP contribution >= 0.6 is 11.6 Å². The molecule has 0 saturated carbocycles. The Morgan fingerprint density at radius 2 is 2.20 bits per heavy atom. The molecule has 0 N–H and O–H groups in total. The van der Waals surface area contributed by atoms with Crippen molar-refractivity contribution in [1.29, 1.82) is 0 Å². The molecule has 0 atom stereocenters. The molecular formula is C14H18ClN3O2. The van der Waals surface area contributed by atoms with Crippen LogP contribution in [-0.4, -0.2) is 26.9 Å². The lowest BCUT2D eigenvalue weighted by Crippen LogP contribution is -2.14. The van der Waals surface area contributed by atoms with Gasteiger partial charge in [-0.25, -0.2) is 4.79 Å². The predicted molar refractivity (Wildman–Crippen MR) is 77.1 cm³/mol. The van der Waals surface area contributed by atoms with E-state index in [1.165, 1.54) is 0 Å². The van der Waals surface area contributed by atoms with Crippen molar-refractivity contribution in [1.82, 2.24) is 14.3 Å². The van der Waals surface area contributed by atoms with Crippen LogP contribution in [0.25, 0.3) is 0 Å². The normalized spacial score (nSPS) is 10.8. The van der Waals surface area contributed by atoms with E-state index in [0.29, 0.717) is 23.9 Å². The van der Waals surface area contributed by atoms with Crippen molar-refractivity contribution in [2.45, 2.75) is 26.8 Å². The van der Waals surface area contributed by atoms with Crippen LogP contribution in [0.5, 0.6) is 0 Å². The first-order valence-electron chi connectivity index (χ1n) is 6.61. The average molecular weight is 296 g/mol. The quantitative estimate of drug-likeness (QED) is 0.797. The van der Waals surface area contributed by atoms with Crippen molar-refractivity contribution in [3.63, 3.8) is 0 Å². The number of hydrogen-bond donors (Lipinski definition) is 0. The van der Waals surface area contributed by atoms with Crippen LogP contribution in [0.15, 0.2) is 18.3 Å². The van der Waals surface area contributed by atoms with E-state index in [4.69, 9.17) is 16.3 Å². The highest BCUT2D eigenvalue weighted by atomic mass is 35.5. The van der Waals surface area contributed by atoms with Gasteiger partial charge in [0.15, 0.2) is 0 Å². The first-order chi connectivity index (χ1) is 9.58. The molecule has 2 rings (SSSR count). The third-order valence-corrected chi connectivity index (χ3v) is 3.57. The molecular weight excluding hydrogens is 278 g/mol. The summed E-state index contributed by atoms with van der Waals surface area (Å²) in [6.07, 6.45) is 2.62. The lowest BCUT2D eigenvalue weighted by atomic mass is 10.3. The zero-order chi connectivity index (χ0) is 14.7. The Morgan fingerprint density at radius 3 is 2.80 bits per heavy atom. The summed E-state index contributed by atoms with van der Waals surface area (Å²) in [7, 11) is 1.86. The van der Waals surface area contributed by atoms with Gasteiger partial charge in [-0.05, 0) is 25.5 Å². The molecule has 5 nitrogen and oxygen atoms in total. The summed E-state index contributed by atoms with van der Waals surface area (Å²) in [5.41, 5.74) is 2.27. The standard InChI is InChI=1S/C14H18ClN3O2/c1-4-10-13(15)12(17(3)16-10)9-18-8-6-7-11(18)14(19)20-5-2/h6-8H,4-5,9H2,1-3H3. The Balaban J connectivity index is 2.29. The van der Waals surface area contributed by atoms with Crippen molar-refractivity contribution in [3.05, 3.63) is 40.4 Å². The highest BCUT2D eigenvalue weighted by molar-refractivity contribution is 6.31. The maximum absolute atomic E-state index is 11.8. The molecule has 0 aromatic carbocycles. The number of carbonyl (C=O) groups excluding carboxylic acids is 1. The van der Waals surface area contributed by atoms with Gasteiger partial charge >= 0.3 is 5.97 Å². The van der Waals surface area contributed by atoms with Crippen molar-refractivity contribution in [2.24, 2.45) is 7.05 Å². The molecule has 0 aliphatic heterocycles. The van der Waals surface area contributed by atoms with Crippen LogP contribution in [0.4, 0.5) is 0 Å². The van der Waals surface area contributed by atoms with Gasteiger partial charge in [0, 0.05) is 13.2 Å². The lowest BCUT2D eigenvalue weighted by Gasteiger charge is -2.09. The summed E-state index contributed by atoms with van der Waals surface area (Å²) < 4.78 is 8.62. The Morgan fingerprint density at radius 1 is 1.45 bits per heavy atom. The molecule has 0 unspecified atom stereocenters. The summed E-state index contributed by atoms with van der Waals surface area (Å²) in [6.45, 7) is 4.65. The van der Waals surface area contributed by atoms with Crippen LogP contribution in [-0.2, 0) is 24.8 Å². The maximum Gasteiger partial charge on any atom is 0.354 e. The number of rotatable bonds is 5. The summed E-state index contributed by atoms with van der Waals surface area (Å²) in [5.74, 6) is -0.327. The molecule has 2 aromatic heterocycles. The van der Waals surface area contributed by atoms with E-state index in [1.807, 2.05) is 30.8 Å². The first kappa shape index (κ1) is 14.7. The number of aryl methyl sites for hydroxylation is 2. The van der Waals surface area contributed by atoms with Crippen LogP contribution in [0, 0.1) is 0 Å². The van der Waals surface area contributed by atoms with E-state index in [-0.39, 0.29) is 5.97 Å². The van der Waals surface area contributed by atoms with E-state index >= 15 is 0 Å². The van der Waals surface area contributed by atoms with E-state index in [2.05, 4.69) is 5.10 Å². The molecule has 0 fully saturated rings. The zero-order valence-corrected chi connectivity index (χ0v) is 12.6. The van der Waals surface area contributed by atoms with Crippen LogP contribution in [0.1, 0.15) is 35.7 Å². The lowest BCUT2D eigenvalue weighted by molar-refractivity contribution is 0.0514. The van der Waals surface area contributed by atoms with E-state index in [0.717, 1.165) is 17.8 Å². The molecule has 0 radical (unpaired) electrons. The summed E-state index contributed by atoms with van der Waals surface area (Å²) in [4.78, 5) is 11.8. The van der Waals surface area contributed by atoms with Crippen molar-refractivity contribution in [3.8, 4) is 0 Å². The molecule has 20 heavy (non-hydrogen) atoms. The molecule has 0 amide bonds. The fourth-order valence-electron chi connectivity index (χ4n) is 2.10. The number of carbonyl (C=O) groups is 1. The minimum atomic E-state index is -0.327. The fourth-order valence-corrected chi connectivity index (χ4v) is 2.45. The zero-order valence-electron chi connectivity index (χ0n) is 11.9. The van der Waals surface area contributed by atoms with Gasteiger partial charge < -0.3 is 9.30 Å². The number of hydrogen-bond acceptors (Lipinski definition) is 3. The van der Waals surface area contributed by atoms with Crippen molar-refractivity contribution < 1.29 is 9.53 Å². The first-order valence-corrected chi connectivity index (χ1v) is 6.98. The molecule has 2 aromatic rings. The van der Waals surface area contributed by atoms with Gasteiger partial charge in [0.1, 0.15) is 5.69 Å². The minimum Gasteiger partial charge on any atom is -0.461 e. The Bertz CT molecular complexity index is 616. The van der Waals surface area contributed by atoms with Crippen LogP contribution in [0.2, 0.25) is 5.02 Å². The van der Waals surface area contributed by atoms with E-state index in [9.17, 15) is 4.79 Å². The molecule has 108 valence electrons. The molecule has 0 aliphatic rings. The number of nitrogens with zero attached hydrogens (tertiary/aromatic N) is 3. The molecule has 0 aliphatic carbocycles. The van der Waals surface area contributed by atoms with Crippen LogP contribution in [0.3, 0.4) is 0 Å². The van der Waals surface area contributed by atoms with Gasteiger partial charge in [0.25, 0.3) is 0 Å². The second-order valence-electron chi connectivity index (χ2n) is 4.43. The monoisotopic (exact) mass is 295 g/mol. The number of halogens is 1. The Labute approximate surface area is 123 Å². The highest BCUT2D eigenvalue weighted by Crippen LogP contribution is 2.22. The number of ether oxygens (including phenoxy) is 1. The highest BCUT2D eigenvalue weighted by Gasteiger charge is 2.17. The Kier molecular flexibility index (Phi) is 4.49. The SMILES string of the molecule is CCOC(=O)c1cccn1Cc1c(Cl)c(CC)nn1C. The van der Waals surface area contributed by atoms with Gasteiger partial charge in [0.05, 0.1) is 29.6 Å². The number of esters is 1. The predicted octanol–water partition coefficient (Wildman–Crippen LogP) is 2.66. The van der Waals surface area contributed by atoms with E-state index in [1.54, 1.807) is 17.7 Å². The molecule has 0 spiro atoms. The van der Waals surface area contributed by atoms with Crippen molar-refractivity contribution >= 4 is 17.6 Å². The molecule has 0 bridgehead atoms. The molecule has 6 heteroatoms. The van der Waals surface area contributed by atoms with Gasteiger partial charge in [-0.1, -0.05) is 18.5 Å². The fraction of sp³-hybridized carbons (Fsp3) is 0.429. The average Bonchev–Trinajstić information content (AvgIpc) is 2.98. The van der Waals surface area contributed by atoms with Gasteiger partial charge in [-0.3, -0.25) is 4.68 Å². The summed E-state index contributed by atoms with van der Waals surface area (Å²) >= 11 is 6.33. The number of aromatic nitrogens is 3. The Hall–Kier alpha value is -1.75. The van der Waals surface area contributed by atoms with Crippen molar-refractivity contribution in [2.75, 3.05) is 6.61 Å². The van der Waals surface area contributed by atoms with Gasteiger partial charge in [-0.2, -0.15) is 5.10 Å². The van der Waals surface area contributed by atoms with Gasteiger partial charge in [0.2, 0.25) is 0 Å². The third-order valence-electron chi connectivity index (χ3n) is 3.14. The maximum atomic E-state index is 11.8. The van der Waals surface area contributed by atoms with Gasteiger partial charge in [-0.15, -0.1) is 0 Å². The second kappa shape index (κ2) is 6.13. The largest absolute Gasteiger partial charge is 0.461 e. The molecule has 0 saturated heterocycles. The van der Waals surface area contributed by atoms with Crippen LogP contribution < -0.4 is 0 Å². The van der Waals surface area contributed by atoms with E-state index < -0.39 is 0 Å². The summed E-state index contributed by atoms with van der Waals surface area (Å²) in [6, 6.07) is 3.56. The smallest absolute Gasteiger partial charge is 0.354 e. The third kappa shape index (κ3) is 2.72. The second-order valence-corrected chi connectivity index (χ2v) is 4.80. The summed E-state index contributed by atoms with van der Waals surface area (Å²) in [5, 5.41) is 5.04. The topological polar surface area (TPSA) is 49.1 Å². The minimum absolute atomic E-state index is 0.327. The molecule has 2 heterocycles.